The Morgan fingerprint density at radius 2 is 2.07 bits per heavy atom. The molecule has 1 aliphatic rings. The van der Waals surface area contributed by atoms with E-state index in [4.69, 9.17) is 10.5 Å². The Labute approximate surface area is 154 Å². The van der Waals surface area contributed by atoms with Crippen molar-refractivity contribution in [2.75, 3.05) is 13.1 Å². The highest BCUT2D eigenvalue weighted by Gasteiger charge is 2.29. The summed E-state index contributed by atoms with van der Waals surface area (Å²) in [6, 6.07) is 8.94. The van der Waals surface area contributed by atoms with E-state index in [2.05, 4.69) is 4.98 Å². The Bertz CT molecular complexity index is 886. The van der Waals surface area contributed by atoms with Crippen molar-refractivity contribution in [1.29, 1.82) is 0 Å². The van der Waals surface area contributed by atoms with Crippen LogP contribution in [0.3, 0.4) is 0 Å². The molecule has 140 valence electrons. The maximum absolute atomic E-state index is 12.8. The average Bonchev–Trinajstić information content (AvgIpc) is 2.67. The van der Waals surface area contributed by atoms with E-state index in [0.717, 1.165) is 6.42 Å². The van der Waals surface area contributed by atoms with E-state index in [1.807, 2.05) is 0 Å². The Morgan fingerprint density at radius 3 is 2.81 bits per heavy atom. The molecular formula is C18H18N4O5. The molecule has 27 heavy (non-hydrogen) atoms. The molecule has 2 aromatic rings. The third-order valence-electron chi connectivity index (χ3n) is 4.28. The van der Waals surface area contributed by atoms with Gasteiger partial charge in [-0.1, -0.05) is 12.1 Å². The number of nitrogens with two attached hydrogens (primary N) is 1. The maximum atomic E-state index is 12.8. The van der Waals surface area contributed by atoms with Gasteiger partial charge in [-0.3, -0.25) is 24.7 Å². The molecular weight excluding hydrogens is 352 g/mol. The number of carbonyl (C=O) groups is 2. The number of piperidine rings is 1. The van der Waals surface area contributed by atoms with Crippen LogP contribution in [0.5, 0.6) is 5.75 Å². The van der Waals surface area contributed by atoms with E-state index >= 15 is 0 Å². The van der Waals surface area contributed by atoms with Gasteiger partial charge in [-0.2, -0.15) is 0 Å². The quantitative estimate of drug-likeness (QED) is 0.631. The Morgan fingerprint density at radius 1 is 1.30 bits per heavy atom. The minimum atomic E-state index is -0.655. The first kappa shape index (κ1) is 18.3. The summed E-state index contributed by atoms with van der Waals surface area (Å²) in [6.07, 6.45) is 2.54. The van der Waals surface area contributed by atoms with E-state index in [1.165, 1.54) is 30.5 Å². The van der Waals surface area contributed by atoms with Crippen LogP contribution in [0.15, 0.2) is 42.6 Å². The van der Waals surface area contributed by atoms with Crippen molar-refractivity contribution in [3.63, 3.8) is 0 Å². The van der Waals surface area contributed by atoms with Gasteiger partial charge in [0, 0.05) is 24.9 Å². The van der Waals surface area contributed by atoms with Crippen molar-refractivity contribution >= 4 is 17.5 Å². The van der Waals surface area contributed by atoms with Gasteiger partial charge in [-0.15, -0.1) is 0 Å². The molecule has 9 nitrogen and oxygen atoms in total. The highest BCUT2D eigenvalue weighted by molar-refractivity contribution is 5.98. The second-order valence-electron chi connectivity index (χ2n) is 6.15. The van der Waals surface area contributed by atoms with Gasteiger partial charge in [-0.25, -0.2) is 0 Å². The summed E-state index contributed by atoms with van der Waals surface area (Å²) >= 11 is 0. The molecule has 0 aliphatic carbocycles. The first-order chi connectivity index (χ1) is 13.0. The summed E-state index contributed by atoms with van der Waals surface area (Å²) in [5, 5.41) is 11.2. The predicted octanol–water partition coefficient (Wildman–Crippen LogP) is 1.77. The summed E-state index contributed by atoms with van der Waals surface area (Å²) < 4.78 is 5.86. The van der Waals surface area contributed by atoms with Crippen LogP contribution in [0.4, 0.5) is 5.69 Å². The second kappa shape index (κ2) is 7.81. The van der Waals surface area contributed by atoms with Crippen LogP contribution in [0.25, 0.3) is 0 Å². The van der Waals surface area contributed by atoms with Crippen LogP contribution in [0.1, 0.15) is 33.7 Å². The number of nitrogens with zero attached hydrogens (tertiary/aromatic N) is 3. The Kier molecular flexibility index (Phi) is 5.30. The van der Waals surface area contributed by atoms with E-state index in [-0.39, 0.29) is 23.0 Å². The minimum Gasteiger partial charge on any atom is -0.488 e. The summed E-state index contributed by atoms with van der Waals surface area (Å²) in [4.78, 5) is 40.0. The third-order valence-corrected chi connectivity index (χ3v) is 4.28. The number of likely N-dealkylation sites (tertiary alicyclic amines) is 1. The van der Waals surface area contributed by atoms with Crippen molar-refractivity contribution in [3.05, 3.63) is 64.0 Å². The predicted molar refractivity (Wildman–Crippen MR) is 95.4 cm³/mol. The van der Waals surface area contributed by atoms with Crippen LogP contribution >= 0.6 is 0 Å². The van der Waals surface area contributed by atoms with Crippen LogP contribution in [-0.2, 0) is 0 Å². The molecule has 1 atom stereocenters. The standard InChI is InChI=1S/C18H18N4O5/c19-17(23)15-10-12(7-8-20-15)27-13-4-3-9-21(11-13)18(24)14-5-1-2-6-16(14)22(25)26/h1-2,5-8,10,13H,3-4,9,11H2,(H2,19,23). The molecule has 1 aromatic carbocycles. The number of ether oxygens (including phenoxy) is 1. The van der Waals surface area contributed by atoms with Gasteiger partial charge < -0.3 is 15.4 Å². The number of nitro groups is 1. The Balaban J connectivity index is 1.73. The fourth-order valence-corrected chi connectivity index (χ4v) is 3.01. The zero-order valence-electron chi connectivity index (χ0n) is 14.4. The highest BCUT2D eigenvalue weighted by atomic mass is 16.6. The molecule has 0 saturated carbocycles. The number of benzene rings is 1. The number of nitro benzene ring substituents is 1. The van der Waals surface area contributed by atoms with Gasteiger partial charge in [-0.05, 0) is 25.0 Å². The number of hydrogen-bond donors (Lipinski definition) is 1. The number of rotatable bonds is 5. The van der Waals surface area contributed by atoms with Crippen LogP contribution in [0.2, 0.25) is 0 Å². The molecule has 1 aliphatic heterocycles. The van der Waals surface area contributed by atoms with E-state index in [1.54, 1.807) is 17.0 Å². The molecule has 1 aromatic heterocycles. The normalized spacial score (nSPS) is 16.6. The molecule has 2 heterocycles. The Hall–Kier alpha value is -3.49. The van der Waals surface area contributed by atoms with E-state index < -0.39 is 16.7 Å². The third kappa shape index (κ3) is 4.20. The molecule has 2 amide bonds. The molecule has 3 rings (SSSR count). The molecule has 1 fully saturated rings. The molecule has 2 N–H and O–H groups in total. The highest BCUT2D eigenvalue weighted by Crippen LogP contribution is 2.23. The molecule has 1 saturated heterocycles. The summed E-state index contributed by atoms with van der Waals surface area (Å²) in [6.45, 7) is 0.784. The number of aromatic nitrogens is 1. The van der Waals surface area contributed by atoms with Crippen LogP contribution in [0, 0.1) is 10.1 Å². The van der Waals surface area contributed by atoms with Gasteiger partial charge in [0.2, 0.25) is 0 Å². The molecule has 0 spiro atoms. The number of amides is 2. The smallest absolute Gasteiger partial charge is 0.282 e. The first-order valence-electron chi connectivity index (χ1n) is 8.41. The van der Waals surface area contributed by atoms with Crippen LogP contribution in [-0.4, -0.2) is 45.8 Å². The number of hydrogen-bond acceptors (Lipinski definition) is 6. The summed E-state index contributed by atoms with van der Waals surface area (Å²) in [7, 11) is 0. The van der Waals surface area contributed by atoms with Gasteiger partial charge in [0.25, 0.3) is 17.5 Å². The monoisotopic (exact) mass is 370 g/mol. The molecule has 9 heteroatoms. The van der Waals surface area contributed by atoms with Gasteiger partial charge in [0.1, 0.15) is 23.1 Å². The lowest BCUT2D eigenvalue weighted by atomic mass is 10.1. The second-order valence-corrected chi connectivity index (χ2v) is 6.15. The summed E-state index contributed by atoms with van der Waals surface area (Å²) in [5.74, 6) is -0.621. The zero-order chi connectivity index (χ0) is 19.4. The first-order valence-corrected chi connectivity index (χ1v) is 8.41. The number of para-hydroxylation sites is 1. The van der Waals surface area contributed by atoms with Gasteiger partial charge in [0.15, 0.2) is 0 Å². The maximum Gasteiger partial charge on any atom is 0.282 e. The number of primary amides is 1. The minimum absolute atomic E-state index is 0.0584. The van der Waals surface area contributed by atoms with Crippen molar-refractivity contribution in [1.82, 2.24) is 9.88 Å². The largest absolute Gasteiger partial charge is 0.488 e. The lowest BCUT2D eigenvalue weighted by molar-refractivity contribution is -0.385. The van der Waals surface area contributed by atoms with Gasteiger partial charge in [0.05, 0.1) is 11.5 Å². The number of pyridine rings is 1. The lowest BCUT2D eigenvalue weighted by Gasteiger charge is -2.33. The molecule has 1 unspecified atom stereocenters. The van der Waals surface area contributed by atoms with Crippen molar-refractivity contribution < 1.29 is 19.2 Å². The average molecular weight is 370 g/mol. The van der Waals surface area contributed by atoms with Crippen molar-refractivity contribution in [2.24, 2.45) is 5.73 Å². The SMILES string of the molecule is NC(=O)c1cc(OC2CCCN(C(=O)c3ccccc3[N+](=O)[O-])C2)ccn1. The molecule has 0 radical (unpaired) electrons. The van der Waals surface area contributed by atoms with Crippen molar-refractivity contribution in [3.8, 4) is 5.75 Å². The molecule has 0 bridgehead atoms. The van der Waals surface area contributed by atoms with E-state index in [0.29, 0.717) is 25.3 Å². The lowest BCUT2D eigenvalue weighted by Crippen LogP contribution is -2.44. The zero-order valence-corrected chi connectivity index (χ0v) is 14.4. The fourth-order valence-electron chi connectivity index (χ4n) is 3.01. The van der Waals surface area contributed by atoms with Crippen molar-refractivity contribution in [2.45, 2.75) is 18.9 Å². The summed E-state index contributed by atoms with van der Waals surface area (Å²) in [5.41, 5.74) is 5.15. The number of carbonyl (C=O) groups excluding carboxylic acids is 2. The fraction of sp³-hybridized carbons (Fsp3) is 0.278. The van der Waals surface area contributed by atoms with Crippen LogP contribution < -0.4 is 10.5 Å². The van der Waals surface area contributed by atoms with E-state index in [9.17, 15) is 19.7 Å². The topological polar surface area (TPSA) is 129 Å². The van der Waals surface area contributed by atoms with Gasteiger partial charge >= 0.3 is 0 Å².